The number of nitrogens with one attached hydrogen (secondary N) is 1. The molecule has 0 bridgehead atoms. The van der Waals surface area contributed by atoms with E-state index in [1.807, 2.05) is 13.8 Å². The van der Waals surface area contributed by atoms with Gasteiger partial charge >= 0.3 is 5.97 Å². The van der Waals surface area contributed by atoms with Crippen LogP contribution in [-0.4, -0.2) is 53.1 Å². The summed E-state index contributed by atoms with van der Waals surface area (Å²) in [5.74, 6) is -5.22. The predicted molar refractivity (Wildman–Crippen MR) is 109 cm³/mol. The van der Waals surface area contributed by atoms with Gasteiger partial charge in [0.15, 0.2) is 6.29 Å². The van der Waals surface area contributed by atoms with Crippen molar-refractivity contribution in [3.63, 3.8) is 0 Å². The average Bonchev–Trinajstić information content (AvgIpc) is 2.99. The molecule has 0 aliphatic carbocycles. The van der Waals surface area contributed by atoms with Gasteiger partial charge in [0.25, 0.3) is 11.8 Å². The maximum Gasteiger partial charge on any atom is 0.307 e. The molecule has 1 fully saturated rings. The third-order valence-corrected chi connectivity index (χ3v) is 5.55. The van der Waals surface area contributed by atoms with Gasteiger partial charge in [-0.15, -0.1) is 0 Å². The fraction of sp³-hybridized carbons (Fsp3) is 0.545. The summed E-state index contributed by atoms with van der Waals surface area (Å²) in [6, 6.07) is 6.37. The number of carbonyl (C=O) groups excluding carboxylic acids is 3. The largest absolute Gasteiger partial charge is 0.481 e. The van der Waals surface area contributed by atoms with E-state index in [9.17, 15) is 24.3 Å². The minimum absolute atomic E-state index is 0.0128. The van der Waals surface area contributed by atoms with E-state index in [4.69, 9.17) is 9.57 Å². The summed E-state index contributed by atoms with van der Waals surface area (Å²) in [5.41, 5.74) is 2.80. The highest BCUT2D eigenvalue weighted by Crippen LogP contribution is 2.28. The molecule has 1 aromatic rings. The van der Waals surface area contributed by atoms with Gasteiger partial charge in [0, 0.05) is 19.6 Å². The number of carboxylic acids is 1. The van der Waals surface area contributed by atoms with Gasteiger partial charge in [-0.1, -0.05) is 26.0 Å². The summed E-state index contributed by atoms with van der Waals surface area (Å²) in [6.45, 7) is 3.86. The number of ether oxygens (including phenoxy) is 1. The number of benzene rings is 1. The van der Waals surface area contributed by atoms with E-state index in [-0.39, 0.29) is 30.0 Å². The van der Waals surface area contributed by atoms with Crippen molar-refractivity contribution in [1.29, 1.82) is 0 Å². The number of hydrogen-bond donors (Lipinski definition) is 2. The molecule has 0 aromatic heterocycles. The van der Waals surface area contributed by atoms with Gasteiger partial charge in [-0.3, -0.25) is 24.1 Å². The monoisotopic (exact) mass is 432 g/mol. The van der Waals surface area contributed by atoms with Crippen molar-refractivity contribution in [3.8, 4) is 0 Å². The lowest BCUT2D eigenvalue weighted by molar-refractivity contribution is -0.203. The summed E-state index contributed by atoms with van der Waals surface area (Å²) in [7, 11) is 0. The fourth-order valence-electron chi connectivity index (χ4n) is 3.94. The summed E-state index contributed by atoms with van der Waals surface area (Å²) >= 11 is 0. The normalized spacial score (nSPS) is 20.5. The number of hydrogen-bond acceptors (Lipinski definition) is 6. The smallest absolute Gasteiger partial charge is 0.307 e. The molecule has 0 spiro atoms. The molecule has 3 atom stereocenters. The van der Waals surface area contributed by atoms with Crippen molar-refractivity contribution in [2.45, 2.75) is 45.8 Å². The SMILES string of the molecule is CC(C)C[C@@H](C(=O)O)[C@H](CN1C(=O)c2ccccc2C1=O)C(=O)NOC1CCCCO1. The molecule has 1 aromatic carbocycles. The highest BCUT2D eigenvalue weighted by molar-refractivity contribution is 6.21. The van der Waals surface area contributed by atoms with Crippen molar-refractivity contribution < 1.29 is 33.9 Å². The van der Waals surface area contributed by atoms with Crippen LogP contribution in [0, 0.1) is 17.8 Å². The third kappa shape index (κ3) is 5.29. The first-order valence-electron chi connectivity index (χ1n) is 10.5. The molecule has 9 nitrogen and oxygen atoms in total. The number of amides is 3. The number of aliphatic carboxylic acids is 1. The Balaban J connectivity index is 1.79. The minimum atomic E-state index is -1.18. The Morgan fingerprint density at radius 3 is 2.32 bits per heavy atom. The van der Waals surface area contributed by atoms with Gasteiger partial charge in [-0.05, 0) is 37.3 Å². The van der Waals surface area contributed by atoms with Crippen molar-refractivity contribution >= 4 is 23.7 Å². The Hall–Kier alpha value is -2.78. The zero-order chi connectivity index (χ0) is 22.5. The minimum Gasteiger partial charge on any atom is -0.481 e. The summed E-state index contributed by atoms with van der Waals surface area (Å²) in [4.78, 5) is 56.8. The predicted octanol–water partition coefficient (Wildman–Crippen LogP) is 2.22. The van der Waals surface area contributed by atoms with Crippen LogP contribution >= 0.6 is 0 Å². The lowest BCUT2D eigenvalue weighted by atomic mass is 9.84. The molecule has 0 saturated carbocycles. The van der Waals surface area contributed by atoms with Crippen LogP contribution in [0.1, 0.15) is 60.2 Å². The second kappa shape index (κ2) is 10.0. The van der Waals surface area contributed by atoms with Crippen LogP contribution < -0.4 is 5.48 Å². The number of hydroxylamine groups is 1. The molecule has 168 valence electrons. The fourth-order valence-corrected chi connectivity index (χ4v) is 3.94. The number of imide groups is 1. The third-order valence-electron chi connectivity index (χ3n) is 5.55. The molecule has 1 saturated heterocycles. The van der Waals surface area contributed by atoms with Gasteiger partial charge < -0.3 is 9.84 Å². The number of fused-ring (bicyclic) bond motifs is 1. The van der Waals surface area contributed by atoms with E-state index in [0.29, 0.717) is 13.0 Å². The van der Waals surface area contributed by atoms with Gasteiger partial charge in [0.2, 0.25) is 5.91 Å². The van der Waals surface area contributed by atoms with Crippen LogP contribution in [0.25, 0.3) is 0 Å². The van der Waals surface area contributed by atoms with E-state index >= 15 is 0 Å². The zero-order valence-electron chi connectivity index (χ0n) is 17.7. The van der Waals surface area contributed by atoms with E-state index in [0.717, 1.165) is 17.7 Å². The van der Waals surface area contributed by atoms with Crippen LogP contribution in [0.5, 0.6) is 0 Å². The molecular weight excluding hydrogens is 404 g/mol. The molecule has 0 radical (unpaired) electrons. The molecule has 2 aliphatic rings. The van der Waals surface area contributed by atoms with Crippen molar-refractivity contribution in [3.05, 3.63) is 35.4 Å². The molecule has 3 rings (SSSR count). The van der Waals surface area contributed by atoms with Crippen LogP contribution in [0.2, 0.25) is 0 Å². The van der Waals surface area contributed by atoms with Crippen molar-refractivity contribution in [2.24, 2.45) is 17.8 Å². The van der Waals surface area contributed by atoms with Crippen molar-refractivity contribution in [1.82, 2.24) is 10.4 Å². The first-order chi connectivity index (χ1) is 14.8. The van der Waals surface area contributed by atoms with Crippen LogP contribution in [-0.2, 0) is 19.2 Å². The summed E-state index contributed by atoms with van der Waals surface area (Å²) in [5, 5.41) is 9.80. The Bertz CT molecular complexity index is 813. The molecule has 31 heavy (non-hydrogen) atoms. The second-order valence-corrected chi connectivity index (χ2v) is 8.33. The molecule has 2 aliphatic heterocycles. The number of rotatable bonds is 9. The number of nitrogens with zero attached hydrogens (tertiary/aromatic N) is 1. The summed E-state index contributed by atoms with van der Waals surface area (Å²) < 4.78 is 5.42. The topological polar surface area (TPSA) is 122 Å². The van der Waals surface area contributed by atoms with E-state index in [1.165, 1.54) is 12.1 Å². The Morgan fingerprint density at radius 1 is 1.16 bits per heavy atom. The molecule has 1 unspecified atom stereocenters. The molecule has 2 N–H and O–H groups in total. The zero-order valence-corrected chi connectivity index (χ0v) is 17.7. The number of carbonyl (C=O) groups is 4. The van der Waals surface area contributed by atoms with Crippen LogP contribution in [0.3, 0.4) is 0 Å². The highest BCUT2D eigenvalue weighted by atomic mass is 16.8. The first-order valence-corrected chi connectivity index (χ1v) is 10.5. The quantitative estimate of drug-likeness (QED) is 0.453. The summed E-state index contributed by atoms with van der Waals surface area (Å²) in [6.07, 6.45) is 2.01. The van der Waals surface area contributed by atoms with Crippen LogP contribution in [0.15, 0.2) is 24.3 Å². The molecular formula is C22H28N2O7. The second-order valence-electron chi connectivity index (χ2n) is 8.33. The highest BCUT2D eigenvalue weighted by Gasteiger charge is 2.42. The maximum atomic E-state index is 13.0. The lowest BCUT2D eigenvalue weighted by Gasteiger charge is -2.29. The van der Waals surface area contributed by atoms with E-state index in [1.54, 1.807) is 12.1 Å². The van der Waals surface area contributed by atoms with Gasteiger partial charge in [-0.25, -0.2) is 10.3 Å². The molecule has 3 amide bonds. The van der Waals surface area contributed by atoms with E-state index < -0.39 is 41.8 Å². The Morgan fingerprint density at radius 2 is 1.81 bits per heavy atom. The van der Waals surface area contributed by atoms with Gasteiger partial charge in [-0.2, -0.15) is 0 Å². The first kappa shape index (κ1) is 22.9. The lowest BCUT2D eigenvalue weighted by Crippen LogP contribution is -2.47. The van der Waals surface area contributed by atoms with E-state index in [2.05, 4.69) is 5.48 Å². The average molecular weight is 432 g/mol. The standard InChI is InChI=1S/C22H28N2O7/c1-13(2)11-16(22(28)29)17(19(25)23-31-18-9-5-6-10-30-18)12-24-20(26)14-7-3-4-8-15(14)21(24)27/h3-4,7-8,13,16-18H,5-6,9-12H2,1-2H3,(H,23,25)(H,28,29)/t16-,17+,18?/m1/s1. The molecule has 2 heterocycles. The Labute approximate surface area is 180 Å². The van der Waals surface area contributed by atoms with Crippen LogP contribution in [0.4, 0.5) is 0 Å². The molecule has 9 heteroatoms. The van der Waals surface area contributed by atoms with Crippen molar-refractivity contribution in [2.75, 3.05) is 13.2 Å². The Kier molecular flexibility index (Phi) is 7.40. The maximum absolute atomic E-state index is 13.0. The van der Waals surface area contributed by atoms with Gasteiger partial charge in [0.1, 0.15) is 0 Å². The number of carboxylic acid groups (broad SMARTS) is 1. The van der Waals surface area contributed by atoms with Gasteiger partial charge in [0.05, 0.1) is 23.0 Å².